The van der Waals surface area contributed by atoms with Crippen LogP contribution in [0.3, 0.4) is 0 Å². The Kier molecular flexibility index (Phi) is 5.38. The van der Waals surface area contributed by atoms with Gasteiger partial charge >= 0.3 is 0 Å². The lowest BCUT2D eigenvalue weighted by molar-refractivity contribution is 0.409. The molecule has 20 heavy (non-hydrogen) atoms. The van der Waals surface area contributed by atoms with Crippen LogP contribution in [-0.4, -0.2) is 25.7 Å². The third-order valence-electron chi connectivity index (χ3n) is 3.02. The minimum atomic E-state index is 0.790. The van der Waals surface area contributed by atoms with Gasteiger partial charge in [-0.15, -0.1) is 11.3 Å². The highest BCUT2D eigenvalue weighted by atomic mass is 32.1. The number of benzene rings is 1. The summed E-state index contributed by atoms with van der Waals surface area (Å²) in [6.45, 7) is 4.68. The lowest BCUT2D eigenvalue weighted by Gasteiger charge is -2.17. The van der Waals surface area contributed by atoms with E-state index in [9.17, 15) is 0 Å². The number of methoxy groups -OCH3 is 1. The number of anilines is 1. The minimum absolute atomic E-state index is 0.790. The summed E-state index contributed by atoms with van der Waals surface area (Å²) in [5, 5.41) is 6.43. The van der Waals surface area contributed by atoms with E-state index in [-0.39, 0.29) is 0 Å². The first-order chi connectivity index (χ1) is 9.74. The second-order valence-electron chi connectivity index (χ2n) is 4.57. The van der Waals surface area contributed by atoms with Crippen molar-refractivity contribution < 1.29 is 4.74 Å². The SMILES string of the molecule is CCNCc1csc(N(C)Cc2ccccc2OC)n1. The highest BCUT2D eigenvalue weighted by molar-refractivity contribution is 7.13. The van der Waals surface area contributed by atoms with Crippen molar-refractivity contribution in [2.45, 2.75) is 20.0 Å². The van der Waals surface area contributed by atoms with E-state index < -0.39 is 0 Å². The molecule has 0 unspecified atom stereocenters. The summed E-state index contributed by atoms with van der Waals surface area (Å²) >= 11 is 1.67. The largest absolute Gasteiger partial charge is 0.496 e. The zero-order valence-corrected chi connectivity index (χ0v) is 13.0. The molecule has 4 nitrogen and oxygen atoms in total. The first kappa shape index (κ1) is 14.8. The van der Waals surface area contributed by atoms with Gasteiger partial charge in [-0.05, 0) is 12.6 Å². The Labute approximate surface area is 124 Å². The van der Waals surface area contributed by atoms with E-state index in [2.05, 4.69) is 40.6 Å². The standard InChI is InChI=1S/C15H21N3OS/c1-4-16-9-13-11-20-15(17-13)18(2)10-12-7-5-6-8-14(12)19-3/h5-8,11,16H,4,9-10H2,1-3H3. The van der Waals surface area contributed by atoms with Crippen molar-refractivity contribution >= 4 is 16.5 Å². The summed E-state index contributed by atoms with van der Waals surface area (Å²) in [6, 6.07) is 8.09. The summed E-state index contributed by atoms with van der Waals surface area (Å²) in [6.07, 6.45) is 0. The van der Waals surface area contributed by atoms with Crippen LogP contribution in [0.15, 0.2) is 29.6 Å². The van der Waals surface area contributed by atoms with Crippen LogP contribution in [0, 0.1) is 0 Å². The maximum absolute atomic E-state index is 5.39. The maximum Gasteiger partial charge on any atom is 0.185 e. The van der Waals surface area contributed by atoms with Crippen LogP contribution < -0.4 is 15.0 Å². The molecular formula is C15H21N3OS. The monoisotopic (exact) mass is 291 g/mol. The third-order valence-corrected chi connectivity index (χ3v) is 4.03. The van der Waals surface area contributed by atoms with E-state index in [0.29, 0.717) is 0 Å². The molecular weight excluding hydrogens is 270 g/mol. The van der Waals surface area contributed by atoms with Gasteiger partial charge < -0.3 is 15.0 Å². The Morgan fingerprint density at radius 2 is 2.15 bits per heavy atom. The Bertz CT molecular complexity index is 541. The number of nitrogens with zero attached hydrogens (tertiary/aromatic N) is 2. The van der Waals surface area contributed by atoms with Gasteiger partial charge in [-0.3, -0.25) is 0 Å². The van der Waals surface area contributed by atoms with E-state index in [1.54, 1.807) is 18.4 Å². The fourth-order valence-electron chi connectivity index (χ4n) is 1.96. The zero-order valence-electron chi connectivity index (χ0n) is 12.2. The lowest BCUT2D eigenvalue weighted by atomic mass is 10.2. The van der Waals surface area contributed by atoms with E-state index >= 15 is 0 Å². The maximum atomic E-state index is 5.39. The number of hydrogen-bond acceptors (Lipinski definition) is 5. The van der Waals surface area contributed by atoms with E-state index in [0.717, 1.165) is 36.2 Å². The van der Waals surface area contributed by atoms with Gasteiger partial charge in [0.2, 0.25) is 0 Å². The molecule has 108 valence electrons. The van der Waals surface area contributed by atoms with Gasteiger partial charge in [0.05, 0.1) is 12.8 Å². The fourth-order valence-corrected chi connectivity index (χ4v) is 2.75. The van der Waals surface area contributed by atoms with E-state index in [1.807, 2.05) is 18.2 Å². The number of para-hydroxylation sites is 1. The van der Waals surface area contributed by atoms with E-state index in [4.69, 9.17) is 4.74 Å². The highest BCUT2D eigenvalue weighted by Crippen LogP contribution is 2.24. The van der Waals surface area contributed by atoms with Crippen LogP contribution >= 0.6 is 11.3 Å². The molecule has 2 aromatic rings. The van der Waals surface area contributed by atoms with Gasteiger partial charge in [-0.1, -0.05) is 25.1 Å². The molecule has 0 spiro atoms. The summed E-state index contributed by atoms with van der Waals surface area (Å²) in [7, 11) is 3.76. The molecule has 0 saturated heterocycles. The van der Waals surface area contributed by atoms with Crippen molar-refractivity contribution in [1.29, 1.82) is 0 Å². The topological polar surface area (TPSA) is 37.4 Å². The van der Waals surface area contributed by atoms with Gasteiger partial charge in [0.15, 0.2) is 5.13 Å². The molecule has 0 amide bonds. The van der Waals surface area contributed by atoms with Crippen molar-refractivity contribution in [2.24, 2.45) is 0 Å². The Hall–Kier alpha value is -1.59. The summed E-state index contributed by atoms with van der Waals surface area (Å²) in [5.74, 6) is 0.920. The highest BCUT2D eigenvalue weighted by Gasteiger charge is 2.10. The van der Waals surface area contributed by atoms with Crippen molar-refractivity contribution in [3.63, 3.8) is 0 Å². The molecule has 1 heterocycles. The molecule has 0 bridgehead atoms. The van der Waals surface area contributed by atoms with Gasteiger partial charge in [0.25, 0.3) is 0 Å². The molecule has 0 aliphatic carbocycles. The molecule has 1 N–H and O–H groups in total. The predicted octanol–water partition coefficient (Wildman–Crippen LogP) is 2.90. The van der Waals surface area contributed by atoms with Gasteiger partial charge in [0, 0.05) is 31.1 Å². The summed E-state index contributed by atoms with van der Waals surface area (Å²) in [4.78, 5) is 6.79. The van der Waals surface area contributed by atoms with Crippen LogP contribution in [0.1, 0.15) is 18.2 Å². The molecule has 0 fully saturated rings. The van der Waals surface area contributed by atoms with E-state index in [1.165, 1.54) is 5.56 Å². The number of thiazole rings is 1. The third kappa shape index (κ3) is 3.71. The molecule has 1 aromatic heterocycles. The van der Waals surface area contributed by atoms with Crippen molar-refractivity contribution in [3.05, 3.63) is 40.9 Å². The van der Waals surface area contributed by atoms with Crippen LogP contribution in [0.4, 0.5) is 5.13 Å². The van der Waals surface area contributed by atoms with Crippen molar-refractivity contribution in [1.82, 2.24) is 10.3 Å². The Balaban J connectivity index is 2.04. The first-order valence-electron chi connectivity index (χ1n) is 6.72. The van der Waals surface area contributed by atoms with Crippen LogP contribution in [0.5, 0.6) is 5.75 Å². The van der Waals surface area contributed by atoms with Crippen molar-refractivity contribution in [3.8, 4) is 5.75 Å². The molecule has 1 aromatic carbocycles. The molecule has 0 saturated carbocycles. The number of ether oxygens (including phenoxy) is 1. The first-order valence-corrected chi connectivity index (χ1v) is 7.60. The molecule has 0 aliphatic rings. The van der Waals surface area contributed by atoms with Crippen LogP contribution in [0.2, 0.25) is 0 Å². The summed E-state index contributed by atoms with van der Waals surface area (Å²) < 4.78 is 5.39. The number of nitrogens with one attached hydrogen (secondary N) is 1. The minimum Gasteiger partial charge on any atom is -0.496 e. The molecule has 0 atom stereocenters. The number of hydrogen-bond donors (Lipinski definition) is 1. The second-order valence-corrected chi connectivity index (χ2v) is 5.41. The number of rotatable bonds is 7. The lowest BCUT2D eigenvalue weighted by Crippen LogP contribution is -2.17. The average Bonchev–Trinajstić information content (AvgIpc) is 2.94. The van der Waals surface area contributed by atoms with Gasteiger partial charge in [0.1, 0.15) is 5.75 Å². The van der Waals surface area contributed by atoms with Crippen LogP contribution in [0.25, 0.3) is 0 Å². The Morgan fingerprint density at radius 3 is 2.90 bits per heavy atom. The van der Waals surface area contributed by atoms with Gasteiger partial charge in [-0.25, -0.2) is 4.98 Å². The summed E-state index contributed by atoms with van der Waals surface area (Å²) in [5.41, 5.74) is 2.26. The molecule has 0 aliphatic heterocycles. The quantitative estimate of drug-likeness (QED) is 0.851. The second kappa shape index (κ2) is 7.26. The fraction of sp³-hybridized carbons (Fsp3) is 0.400. The normalized spacial score (nSPS) is 10.6. The van der Waals surface area contributed by atoms with Crippen molar-refractivity contribution in [2.75, 3.05) is 25.6 Å². The number of aromatic nitrogens is 1. The smallest absolute Gasteiger partial charge is 0.185 e. The molecule has 5 heteroatoms. The molecule has 2 rings (SSSR count). The molecule has 0 radical (unpaired) electrons. The predicted molar refractivity (Wildman–Crippen MR) is 84.6 cm³/mol. The zero-order chi connectivity index (χ0) is 14.4. The van der Waals surface area contributed by atoms with Crippen LogP contribution in [-0.2, 0) is 13.1 Å². The Morgan fingerprint density at radius 1 is 1.35 bits per heavy atom. The van der Waals surface area contributed by atoms with Gasteiger partial charge in [-0.2, -0.15) is 0 Å². The average molecular weight is 291 g/mol.